The lowest BCUT2D eigenvalue weighted by Gasteiger charge is -2.27. The quantitative estimate of drug-likeness (QED) is 0.698. The van der Waals surface area contributed by atoms with Crippen molar-refractivity contribution in [3.05, 3.63) is 47.5 Å². The lowest BCUT2D eigenvalue weighted by atomic mass is 9.84. The summed E-state index contributed by atoms with van der Waals surface area (Å²) in [6.07, 6.45) is 1.05. The standard InChI is InChI=1S/C14H15NO/c15-13-7-10-6-5-9-3-1-2-4-11(9)12(10)8-14(13)16/h1-6,13-14,16H,7-8,15H2/t13-,14-/m0/s1. The SMILES string of the molecule is N[C@H]1Cc2ccc3ccccc3c2C[C@@H]1O. The molecule has 0 spiro atoms. The van der Waals surface area contributed by atoms with Crippen LogP contribution in [-0.2, 0) is 12.8 Å². The molecule has 0 aliphatic heterocycles. The molecule has 2 aromatic rings. The van der Waals surface area contributed by atoms with Crippen molar-refractivity contribution in [3.8, 4) is 0 Å². The second-order valence-electron chi connectivity index (χ2n) is 4.56. The number of nitrogens with two attached hydrogens (primary N) is 1. The van der Waals surface area contributed by atoms with Gasteiger partial charge in [-0.2, -0.15) is 0 Å². The van der Waals surface area contributed by atoms with Gasteiger partial charge in [-0.3, -0.25) is 0 Å². The van der Waals surface area contributed by atoms with Crippen molar-refractivity contribution in [2.75, 3.05) is 0 Å². The van der Waals surface area contributed by atoms with Gasteiger partial charge in [0.15, 0.2) is 0 Å². The van der Waals surface area contributed by atoms with Crippen LogP contribution < -0.4 is 5.73 Å². The molecule has 2 aromatic carbocycles. The molecule has 2 heteroatoms. The summed E-state index contributed by atoms with van der Waals surface area (Å²) in [7, 11) is 0. The van der Waals surface area contributed by atoms with Gasteiger partial charge in [0.1, 0.15) is 0 Å². The van der Waals surface area contributed by atoms with Gasteiger partial charge < -0.3 is 10.8 Å². The maximum Gasteiger partial charge on any atom is 0.0734 e. The largest absolute Gasteiger partial charge is 0.391 e. The van der Waals surface area contributed by atoms with Crippen LogP contribution in [0.1, 0.15) is 11.1 Å². The predicted octanol–water partition coefficient (Wildman–Crippen LogP) is 1.63. The molecule has 0 bridgehead atoms. The molecule has 1 aliphatic carbocycles. The van der Waals surface area contributed by atoms with E-state index in [4.69, 9.17) is 5.73 Å². The lowest BCUT2D eigenvalue weighted by molar-refractivity contribution is 0.138. The number of rotatable bonds is 0. The molecule has 3 N–H and O–H groups in total. The Morgan fingerprint density at radius 3 is 2.75 bits per heavy atom. The predicted molar refractivity (Wildman–Crippen MR) is 65.3 cm³/mol. The minimum Gasteiger partial charge on any atom is -0.391 e. The first-order chi connectivity index (χ1) is 7.75. The third-order valence-corrected chi connectivity index (χ3v) is 3.50. The Balaban J connectivity index is 2.23. The third-order valence-electron chi connectivity index (χ3n) is 3.50. The Labute approximate surface area is 94.7 Å². The van der Waals surface area contributed by atoms with Crippen molar-refractivity contribution < 1.29 is 5.11 Å². The van der Waals surface area contributed by atoms with Crippen LogP contribution in [0.3, 0.4) is 0 Å². The summed E-state index contributed by atoms with van der Waals surface area (Å²) < 4.78 is 0. The summed E-state index contributed by atoms with van der Waals surface area (Å²) in [6.45, 7) is 0. The lowest BCUT2D eigenvalue weighted by Crippen LogP contribution is -2.41. The second kappa shape index (κ2) is 3.58. The first-order valence-electron chi connectivity index (χ1n) is 5.69. The van der Waals surface area contributed by atoms with Crippen molar-refractivity contribution in [1.29, 1.82) is 0 Å². The zero-order chi connectivity index (χ0) is 11.1. The minimum absolute atomic E-state index is 0.117. The summed E-state index contributed by atoms with van der Waals surface area (Å²) in [5.41, 5.74) is 8.45. The fraction of sp³-hybridized carbons (Fsp3) is 0.286. The van der Waals surface area contributed by atoms with E-state index in [1.54, 1.807) is 0 Å². The molecule has 16 heavy (non-hydrogen) atoms. The fourth-order valence-electron chi connectivity index (χ4n) is 2.56. The van der Waals surface area contributed by atoms with Crippen LogP contribution in [0.2, 0.25) is 0 Å². The highest BCUT2D eigenvalue weighted by Crippen LogP contribution is 2.28. The van der Waals surface area contributed by atoms with E-state index in [0.29, 0.717) is 6.42 Å². The van der Waals surface area contributed by atoms with Crippen LogP contribution in [0.4, 0.5) is 0 Å². The second-order valence-corrected chi connectivity index (χ2v) is 4.56. The first kappa shape index (κ1) is 9.82. The van der Waals surface area contributed by atoms with E-state index in [1.165, 1.54) is 21.9 Å². The average molecular weight is 213 g/mol. The maximum atomic E-state index is 9.86. The summed E-state index contributed by atoms with van der Waals surface area (Å²) in [6, 6.07) is 12.5. The molecule has 3 rings (SSSR count). The van der Waals surface area contributed by atoms with Crippen molar-refractivity contribution >= 4 is 10.8 Å². The molecule has 82 valence electrons. The Bertz CT molecular complexity index is 535. The van der Waals surface area contributed by atoms with Crippen molar-refractivity contribution in [2.45, 2.75) is 25.0 Å². The highest BCUT2D eigenvalue weighted by Gasteiger charge is 2.24. The van der Waals surface area contributed by atoms with Crippen LogP contribution in [0, 0.1) is 0 Å². The van der Waals surface area contributed by atoms with Gasteiger partial charge in [-0.1, -0.05) is 36.4 Å². The molecule has 1 aliphatic rings. The summed E-state index contributed by atoms with van der Waals surface area (Å²) in [4.78, 5) is 0. The molecular weight excluding hydrogens is 198 g/mol. The number of fused-ring (bicyclic) bond motifs is 3. The Morgan fingerprint density at radius 1 is 1.06 bits per heavy atom. The average Bonchev–Trinajstić information content (AvgIpc) is 2.31. The van der Waals surface area contributed by atoms with E-state index >= 15 is 0 Å². The van der Waals surface area contributed by atoms with Crippen molar-refractivity contribution in [2.24, 2.45) is 5.73 Å². The molecule has 0 amide bonds. The van der Waals surface area contributed by atoms with E-state index in [2.05, 4.69) is 24.3 Å². The number of benzene rings is 2. The maximum absolute atomic E-state index is 9.86. The van der Waals surface area contributed by atoms with E-state index in [9.17, 15) is 5.11 Å². The van der Waals surface area contributed by atoms with E-state index < -0.39 is 6.10 Å². The molecule has 2 atom stereocenters. The molecule has 0 radical (unpaired) electrons. The van der Waals surface area contributed by atoms with Crippen LogP contribution in [0.25, 0.3) is 10.8 Å². The first-order valence-corrected chi connectivity index (χ1v) is 5.69. The number of aliphatic hydroxyl groups excluding tert-OH is 1. The van der Waals surface area contributed by atoms with Gasteiger partial charge in [0, 0.05) is 12.5 Å². The van der Waals surface area contributed by atoms with Crippen LogP contribution in [0.5, 0.6) is 0 Å². The summed E-state index contributed by atoms with van der Waals surface area (Å²) in [5, 5.41) is 12.4. The Hall–Kier alpha value is -1.38. The highest BCUT2D eigenvalue weighted by molar-refractivity contribution is 5.87. The Morgan fingerprint density at radius 2 is 1.88 bits per heavy atom. The normalized spacial score (nSPS) is 24.4. The van der Waals surface area contributed by atoms with E-state index in [0.717, 1.165) is 6.42 Å². The zero-order valence-electron chi connectivity index (χ0n) is 9.06. The summed E-state index contributed by atoms with van der Waals surface area (Å²) in [5.74, 6) is 0. The monoisotopic (exact) mass is 213 g/mol. The van der Waals surface area contributed by atoms with Crippen LogP contribution in [0.15, 0.2) is 36.4 Å². The Kier molecular flexibility index (Phi) is 2.20. The van der Waals surface area contributed by atoms with E-state index in [1.807, 2.05) is 12.1 Å². The van der Waals surface area contributed by atoms with Gasteiger partial charge in [-0.15, -0.1) is 0 Å². The third kappa shape index (κ3) is 1.42. The van der Waals surface area contributed by atoms with Gasteiger partial charge in [0.05, 0.1) is 6.10 Å². The number of hydrogen-bond donors (Lipinski definition) is 2. The smallest absolute Gasteiger partial charge is 0.0734 e. The van der Waals surface area contributed by atoms with Gasteiger partial charge in [0.25, 0.3) is 0 Å². The van der Waals surface area contributed by atoms with Crippen molar-refractivity contribution in [1.82, 2.24) is 0 Å². The molecule has 0 saturated heterocycles. The summed E-state index contributed by atoms with van der Waals surface area (Å²) >= 11 is 0. The fourth-order valence-corrected chi connectivity index (χ4v) is 2.56. The van der Waals surface area contributed by atoms with Crippen LogP contribution in [-0.4, -0.2) is 17.3 Å². The van der Waals surface area contributed by atoms with E-state index in [-0.39, 0.29) is 6.04 Å². The number of hydrogen-bond acceptors (Lipinski definition) is 2. The number of aliphatic hydroxyl groups is 1. The zero-order valence-corrected chi connectivity index (χ0v) is 9.06. The molecule has 0 aromatic heterocycles. The minimum atomic E-state index is -0.404. The molecule has 0 fully saturated rings. The highest BCUT2D eigenvalue weighted by atomic mass is 16.3. The van der Waals surface area contributed by atoms with Gasteiger partial charge in [-0.05, 0) is 28.3 Å². The molecule has 0 saturated carbocycles. The topological polar surface area (TPSA) is 46.2 Å². The van der Waals surface area contributed by atoms with Gasteiger partial charge >= 0.3 is 0 Å². The molecule has 0 unspecified atom stereocenters. The van der Waals surface area contributed by atoms with Gasteiger partial charge in [0.2, 0.25) is 0 Å². The molecule has 0 heterocycles. The molecular formula is C14H15NO. The van der Waals surface area contributed by atoms with Gasteiger partial charge in [-0.25, -0.2) is 0 Å². The van der Waals surface area contributed by atoms with Crippen LogP contribution >= 0.6 is 0 Å². The van der Waals surface area contributed by atoms with Crippen molar-refractivity contribution in [3.63, 3.8) is 0 Å². The molecule has 2 nitrogen and oxygen atoms in total.